The molecule has 2 atom stereocenters. The zero-order valence-electron chi connectivity index (χ0n) is 21.1. The molecule has 0 amide bonds. The van der Waals surface area contributed by atoms with Gasteiger partial charge in [-0.3, -0.25) is 14.9 Å². The van der Waals surface area contributed by atoms with Crippen LogP contribution < -0.4 is 5.32 Å². The number of nitrogens with one attached hydrogen (secondary N) is 1. The van der Waals surface area contributed by atoms with Crippen molar-refractivity contribution in [3.8, 4) is 0 Å². The van der Waals surface area contributed by atoms with Gasteiger partial charge < -0.3 is 9.47 Å². The number of hydrogen-bond acceptors (Lipinski definition) is 5. The summed E-state index contributed by atoms with van der Waals surface area (Å²) >= 11 is 6.13. The van der Waals surface area contributed by atoms with Crippen molar-refractivity contribution < 1.29 is 19.1 Å². The molecule has 0 aliphatic heterocycles. The number of benzene rings is 3. The highest BCUT2D eigenvalue weighted by Crippen LogP contribution is 2.17. The number of ether oxygens (including phenoxy) is 2. The van der Waals surface area contributed by atoms with E-state index in [1.54, 1.807) is 0 Å². The van der Waals surface area contributed by atoms with Crippen LogP contribution in [0.3, 0.4) is 0 Å². The second-order valence-corrected chi connectivity index (χ2v) is 9.79. The molecule has 3 rings (SSSR count). The minimum absolute atomic E-state index is 0.185. The Labute approximate surface area is 218 Å². The van der Waals surface area contributed by atoms with Crippen LogP contribution in [0.25, 0.3) is 0 Å². The summed E-state index contributed by atoms with van der Waals surface area (Å²) in [6.45, 7) is 4.25. The summed E-state index contributed by atoms with van der Waals surface area (Å²) < 4.78 is 10.7. The molecule has 3 aromatic rings. The van der Waals surface area contributed by atoms with E-state index < -0.39 is 18.1 Å². The quantitative estimate of drug-likeness (QED) is 0.316. The van der Waals surface area contributed by atoms with Crippen LogP contribution in [0.4, 0.5) is 0 Å². The zero-order valence-corrected chi connectivity index (χ0v) is 21.8. The molecule has 0 fully saturated rings. The van der Waals surface area contributed by atoms with E-state index in [1.807, 2.05) is 86.6 Å². The molecular formula is C30H34ClNO4. The predicted octanol–water partition coefficient (Wildman–Crippen LogP) is 5.76. The lowest BCUT2D eigenvalue weighted by Crippen LogP contribution is -2.49. The summed E-state index contributed by atoms with van der Waals surface area (Å²) in [5.41, 5.74) is 4.10. The highest BCUT2D eigenvalue weighted by Gasteiger charge is 2.29. The molecule has 0 aliphatic rings. The van der Waals surface area contributed by atoms with Gasteiger partial charge in [-0.2, -0.15) is 0 Å². The molecule has 3 aromatic carbocycles. The SMILES string of the molecule is COC(=O)C(Cc1cccc(Cc2cccc(Cl)c2)c1)NC(CC(C)C)C(=O)OCc1ccccc1. The lowest BCUT2D eigenvalue weighted by molar-refractivity contribution is -0.149. The Hall–Kier alpha value is -3.15. The molecule has 0 heterocycles. The van der Waals surface area contributed by atoms with Crippen LogP contribution in [-0.4, -0.2) is 31.1 Å². The number of carbonyl (C=O) groups excluding carboxylic acids is 2. The van der Waals surface area contributed by atoms with Crippen LogP contribution >= 0.6 is 11.6 Å². The fourth-order valence-corrected chi connectivity index (χ4v) is 4.33. The first kappa shape index (κ1) is 27.4. The first-order valence-electron chi connectivity index (χ1n) is 12.2. The highest BCUT2D eigenvalue weighted by molar-refractivity contribution is 6.30. The van der Waals surface area contributed by atoms with Crippen LogP contribution in [0.2, 0.25) is 5.02 Å². The van der Waals surface area contributed by atoms with Crippen molar-refractivity contribution in [2.45, 2.75) is 51.8 Å². The Balaban J connectivity index is 1.72. The van der Waals surface area contributed by atoms with E-state index in [9.17, 15) is 9.59 Å². The molecule has 0 saturated carbocycles. The molecular weight excluding hydrogens is 474 g/mol. The summed E-state index contributed by atoms with van der Waals surface area (Å²) in [4.78, 5) is 25.7. The largest absolute Gasteiger partial charge is 0.468 e. The van der Waals surface area contributed by atoms with Gasteiger partial charge in [0.1, 0.15) is 18.7 Å². The van der Waals surface area contributed by atoms with Crippen LogP contribution in [0, 0.1) is 5.92 Å². The molecule has 0 radical (unpaired) electrons. The molecule has 0 spiro atoms. The summed E-state index contributed by atoms with van der Waals surface area (Å²) in [6.07, 6.45) is 1.65. The first-order chi connectivity index (χ1) is 17.3. The number of methoxy groups -OCH3 is 1. The van der Waals surface area contributed by atoms with Gasteiger partial charge in [-0.15, -0.1) is 0 Å². The van der Waals surface area contributed by atoms with E-state index in [0.29, 0.717) is 17.9 Å². The van der Waals surface area contributed by atoms with Crippen LogP contribution in [0.15, 0.2) is 78.9 Å². The fourth-order valence-electron chi connectivity index (χ4n) is 4.11. The van der Waals surface area contributed by atoms with Crippen LogP contribution in [0.1, 0.15) is 42.5 Å². The molecule has 0 bridgehead atoms. The second-order valence-electron chi connectivity index (χ2n) is 9.35. The molecule has 36 heavy (non-hydrogen) atoms. The summed E-state index contributed by atoms with van der Waals surface area (Å²) in [6, 6.07) is 24.1. The van der Waals surface area contributed by atoms with Gasteiger partial charge in [-0.25, -0.2) is 0 Å². The smallest absolute Gasteiger partial charge is 0.323 e. The molecule has 6 heteroatoms. The number of carbonyl (C=O) groups is 2. The third-order valence-corrected chi connectivity index (χ3v) is 6.07. The molecule has 0 aromatic heterocycles. The van der Waals surface area contributed by atoms with E-state index in [-0.39, 0.29) is 18.5 Å². The Kier molecular flexibility index (Phi) is 10.5. The van der Waals surface area contributed by atoms with Crippen molar-refractivity contribution in [3.63, 3.8) is 0 Å². The lowest BCUT2D eigenvalue weighted by atomic mass is 9.98. The van der Waals surface area contributed by atoms with E-state index in [4.69, 9.17) is 21.1 Å². The maximum absolute atomic E-state index is 13.0. The number of rotatable bonds is 12. The molecule has 5 nitrogen and oxygen atoms in total. The Morgan fingerprint density at radius 2 is 1.44 bits per heavy atom. The second kappa shape index (κ2) is 13.8. The maximum atomic E-state index is 13.0. The van der Waals surface area contributed by atoms with Crippen molar-refractivity contribution >= 4 is 23.5 Å². The number of halogens is 1. The average Bonchev–Trinajstić information content (AvgIpc) is 2.86. The predicted molar refractivity (Wildman–Crippen MR) is 143 cm³/mol. The number of hydrogen-bond donors (Lipinski definition) is 1. The van der Waals surface area contributed by atoms with Crippen LogP contribution in [0.5, 0.6) is 0 Å². The van der Waals surface area contributed by atoms with E-state index >= 15 is 0 Å². The van der Waals surface area contributed by atoms with Crippen molar-refractivity contribution in [1.82, 2.24) is 5.32 Å². The van der Waals surface area contributed by atoms with Gasteiger partial charge in [-0.1, -0.05) is 92.2 Å². The third-order valence-electron chi connectivity index (χ3n) is 5.83. The Morgan fingerprint density at radius 1 is 0.806 bits per heavy atom. The molecule has 1 N–H and O–H groups in total. The topological polar surface area (TPSA) is 64.6 Å². The van der Waals surface area contributed by atoms with Gasteiger partial charge >= 0.3 is 11.9 Å². The Bertz CT molecular complexity index is 1130. The molecule has 190 valence electrons. The van der Waals surface area contributed by atoms with E-state index in [2.05, 4.69) is 11.4 Å². The van der Waals surface area contributed by atoms with E-state index in [0.717, 1.165) is 28.7 Å². The average molecular weight is 508 g/mol. The van der Waals surface area contributed by atoms with Gasteiger partial charge in [-0.05, 0) is 59.6 Å². The molecule has 0 aliphatic carbocycles. The fraction of sp³-hybridized carbons (Fsp3) is 0.333. The van der Waals surface area contributed by atoms with Gasteiger partial charge in [0.25, 0.3) is 0 Å². The van der Waals surface area contributed by atoms with Gasteiger partial charge in [0.05, 0.1) is 7.11 Å². The maximum Gasteiger partial charge on any atom is 0.323 e. The number of esters is 2. The lowest BCUT2D eigenvalue weighted by Gasteiger charge is -2.24. The summed E-state index contributed by atoms with van der Waals surface area (Å²) in [7, 11) is 1.36. The van der Waals surface area contributed by atoms with Crippen molar-refractivity contribution in [2.75, 3.05) is 7.11 Å². The van der Waals surface area contributed by atoms with Crippen molar-refractivity contribution in [3.05, 3.63) is 106 Å². The van der Waals surface area contributed by atoms with Gasteiger partial charge in [0.2, 0.25) is 0 Å². The zero-order chi connectivity index (χ0) is 25.9. The first-order valence-corrected chi connectivity index (χ1v) is 12.6. The summed E-state index contributed by atoms with van der Waals surface area (Å²) in [5.74, 6) is -0.567. The Morgan fingerprint density at radius 3 is 2.11 bits per heavy atom. The van der Waals surface area contributed by atoms with Gasteiger partial charge in [0, 0.05) is 5.02 Å². The monoisotopic (exact) mass is 507 g/mol. The minimum Gasteiger partial charge on any atom is -0.468 e. The van der Waals surface area contributed by atoms with Crippen molar-refractivity contribution in [2.24, 2.45) is 5.92 Å². The normalized spacial score (nSPS) is 12.7. The van der Waals surface area contributed by atoms with Crippen LogP contribution in [-0.2, 0) is 38.5 Å². The van der Waals surface area contributed by atoms with Crippen molar-refractivity contribution in [1.29, 1.82) is 0 Å². The van der Waals surface area contributed by atoms with E-state index in [1.165, 1.54) is 7.11 Å². The molecule has 2 unspecified atom stereocenters. The standard InChI is InChI=1S/C30H34ClNO4/c1-21(2)15-27(30(34)36-20-22-9-5-4-6-10-22)32-28(29(33)35-3)19-25-12-7-11-23(17-25)16-24-13-8-14-26(31)18-24/h4-14,17-18,21,27-28,32H,15-16,19-20H2,1-3H3. The molecule has 0 saturated heterocycles. The highest BCUT2D eigenvalue weighted by atomic mass is 35.5. The third kappa shape index (κ3) is 8.81. The van der Waals surface area contributed by atoms with Gasteiger partial charge in [0.15, 0.2) is 0 Å². The summed E-state index contributed by atoms with van der Waals surface area (Å²) in [5, 5.41) is 3.93. The minimum atomic E-state index is -0.690.